The van der Waals surface area contributed by atoms with Crippen LogP contribution in [0.1, 0.15) is 48.1 Å². The Morgan fingerprint density at radius 3 is 2.26 bits per heavy atom. The summed E-state index contributed by atoms with van der Waals surface area (Å²) in [5.74, 6) is -1.09. The summed E-state index contributed by atoms with van der Waals surface area (Å²) in [7, 11) is 0. The van der Waals surface area contributed by atoms with E-state index in [-0.39, 0.29) is 24.1 Å². The highest BCUT2D eigenvalue weighted by Crippen LogP contribution is 2.43. The molecule has 0 bridgehead atoms. The van der Waals surface area contributed by atoms with Gasteiger partial charge in [-0.15, -0.1) is 0 Å². The molecule has 198 valence electrons. The lowest BCUT2D eigenvalue weighted by Gasteiger charge is -2.21. The van der Waals surface area contributed by atoms with Crippen molar-refractivity contribution in [1.29, 1.82) is 0 Å². The second-order valence-corrected chi connectivity index (χ2v) is 9.55. The Bertz CT molecular complexity index is 1360. The summed E-state index contributed by atoms with van der Waals surface area (Å²) in [4.78, 5) is 31.6. The standard InChI is InChI=1S/C26H24F4N6O2/c1-25(23(37)35-24(38)36-25)17-8-2-14(3-9-17)12-31-21-19(27)22(33-13-32-21)34-20(15-4-5-15)16-6-10-18(11-7-16)26(28,29)30/h2-3,6-11,13,15,20H,4-5,12H2,1H3,(H2,31,32,33,34)(H2,35,36,37,38). The number of rotatable bonds is 8. The van der Waals surface area contributed by atoms with Crippen molar-refractivity contribution in [3.05, 3.63) is 82.9 Å². The predicted molar refractivity (Wildman–Crippen MR) is 130 cm³/mol. The topological polar surface area (TPSA) is 108 Å². The first-order chi connectivity index (χ1) is 18.0. The number of benzene rings is 2. The van der Waals surface area contributed by atoms with Crippen LogP contribution in [-0.2, 0) is 23.1 Å². The predicted octanol–water partition coefficient (Wildman–Crippen LogP) is 4.86. The van der Waals surface area contributed by atoms with Gasteiger partial charge in [-0.2, -0.15) is 17.6 Å². The number of imide groups is 1. The molecule has 8 nitrogen and oxygen atoms in total. The maximum atomic E-state index is 15.3. The molecule has 2 fully saturated rings. The molecule has 38 heavy (non-hydrogen) atoms. The molecule has 1 aliphatic heterocycles. The lowest BCUT2D eigenvalue weighted by Crippen LogP contribution is -2.40. The summed E-state index contributed by atoms with van der Waals surface area (Å²) in [6, 6.07) is 10.8. The maximum Gasteiger partial charge on any atom is 0.416 e. The average molecular weight is 529 g/mol. The molecule has 2 heterocycles. The van der Waals surface area contributed by atoms with E-state index in [1.165, 1.54) is 18.5 Å². The molecule has 2 aliphatic rings. The fraction of sp³-hybridized carbons (Fsp3) is 0.308. The van der Waals surface area contributed by atoms with Crippen LogP contribution >= 0.6 is 0 Å². The summed E-state index contributed by atoms with van der Waals surface area (Å²) in [5.41, 5.74) is 0.0739. The third-order valence-corrected chi connectivity index (χ3v) is 6.81. The van der Waals surface area contributed by atoms with Gasteiger partial charge in [-0.3, -0.25) is 10.1 Å². The molecule has 1 aliphatic carbocycles. The van der Waals surface area contributed by atoms with Gasteiger partial charge in [0.1, 0.15) is 11.9 Å². The van der Waals surface area contributed by atoms with E-state index in [1.54, 1.807) is 31.2 Å². The number of amides is 3. The zero-order chi connectivity index (χ0) is 27.1. The number of nitrogens with zero attached hydrogens (tertiary/aromatic N) is 2. The van der Waals surface area contributed by atoms with Gasteiger partial charge in [-0.1, -0.05) is 36.4 Å². The van der Waals surface area contributed by atoms with Crippen molar-refractivity contribution in [2.75, 3.05) is 10.6 Å². The van der Waals surface area contributed by atoms with Gasteiger partial charge in [-0.25, -0.2) is 14.8 Å². The molecule has 2 atom stereocenters. The monoisotopic (exact) mass is 528 g/mol. The fourth-order valence-corrected chi connectivity index (χ4v) is 4.41. The molecule has 0 radical (unpaired) electrons. The van der Waals surface area contributed by atoms with E-state index in [2.05, 4.69) is 31.2 Å². The zero-order valence-electron chi connectivity index (χ0n) is 20.2. The van der Waals surface area contributed by atoms with E-state index in [4.69, 9.17) is 0 Å². The van der Waals surface area contributed by atoms with Crippen LogP contribution in [0.15, 0.2) is 54.9 Å². The number of halogens is 4. The number of anilines is 2. The lowest BCUT2D eigenvalue weighted by atomic mass is 9.91. The summed E-state index contributed by atoms with van der Waals surface area (Å²) in [6.07, 6.45) is -1.48. The lowest BCUT2D eigenvalue weighted by molar-refractivity contribution is -0.137. The Hall–Kier alpha value is -4.22. The van der Waals surface area contributed by atoms with Gasteiger partial charge in [0, 0.05) is 6.54 Å². The van der Waals surface area contributed by atoms with E-state index in [0.29, 0.717) is 11.1 Å². The molecule has 5 rings (SSSR count). The Morgan fingerprint density at radius 1 is 1.03 bits per heavy atom. The molecule has 2 aromatic carbocycles. The molecule has 3 aromatic rings. The van der Waals surface area contributed by atoms with Crippen molar-refractivity contribution >= 4 is 23.6 Å². The van der Waals surface area contributed by atoms with Crippen molar-refractivity contribution in [2.24, 2.45) is 5.92 Å². The van der Waals surface area contributed by atoms with Gasteiger partial charge in [0.25, 0.3) is 5.91 Å². The van der Waals surface area contributed by atoms with Crippen molar-refractivity contribution in [3.63, 3.8) is 0 Å². The number of alkyl halides is 3. The number of nitrogens with one attached hydrogen (secondary N) is 4. The van der Waals surface area contributed by atoms with Crippen LogP contribution < -0.4 is 21.3 Å². The van der Waals surface area contributed by atoms with E-state index in [1.807, 2.05) is 0 Å². The second kappa shape index (κ2) is 9.58. The number of urea groups is 1. The Balaban J connectivity index is 1.27. The first-order valence-electron chi connectivity index (χ1n) is 12.0. The molecule has 2 unspecified atom stereocenters. The highest BCUT2D eigenvalue weighted by atomic mass is 19.4. The molecule has 1 saturated heterocycles. The largest absolute Gasteiger partial charge is 0.416 e. The Labute approximate surface area is 215 Å². The van der Waals surface area contributed by atoms with Crippen LogP contribution in [0.5, 0.6) is 0 Å². The van der Waals surface area contributed by atoms with Crippen LogP contribution in [0.2, 0.25) is 0 Å². The SMILES string of the molecule is CC1(c2ccc(CNc3ncnc(NC(c4ccc(C(F)(F)F)cc4)C4CC4)c3F)cc2)NC(=O)NC1=O. The number of hydrogen-bond acceptors (Lipinski definition) is 6. The van der Waals surface area contributed by atoms with Crippen LogP contribution in [-0.4, -0.2) is 21.9 Å². The van der Waals surface area contributed by atoms with E-state index < -0.39 is 41.1 Å². The van der Waals surface area contributed by atoms with Gasteiger partial charge < -0.3 is 16.0 Å². The molecular weight excluding hydrogens is 504 g/mol. The molecule has 1 aromatic heterocycles. The minimum absolute atomic E-state index is 0.0389. The maximum absolute atomic E-state index is 15.3. The molecule has 4 N–H and O–H groups in total. The number of aromatic nitrogens is 2. The van der Waals surface area contributed by atoms with Crippen LogP contribution in [0.4, 0.5) is 34.0 Å². The highest BCUT2D eigenvalue weighted by Gasteiger charge is 2.43. The van der Waals surface area contributed by atoms with Gasteiger partial charge in [0.2, 0.25) is 5.82 Å². The third-order valence-electron chi connectivity index (χ3n) is 6.81. The molecule has 12 heteroatoms. The van der Waals surface area contributed by atoms with Crippen LogP contribution in [0.3, 0.4) is 0 Å². The van der Waals surface area contributed by atoms with Gasteiger partial charge in [0.05, 0.1) is 11.6 Å². The average Bonchev–Trinajstić information content (AvgIpc) is 3.68. The van der Waals surface area contributed by atoms with Crippen LogP contribution in [0.25, 0.3) is 0 Å². The summed E-state index contributed by atoms with van der Waals surface area (Å²) in [5, 5.41) is 10.8. The van der Waals surface area contributed by atoms with E-state index in [9.17, 15) is 22.8 Å². The quantitative estimate of drug-likeness (QED) is 0.246. The van der Waals surface area contributed by atoms with Crippen LogP contribution in [0, 0.1) is 11.7 Å². The fourth-order valence-electron chi connectivity index (χ4n) is 4.41. The molecule has 3 amide bonds. The van der Waals surface area contributed by atoms with Gasteiger partial charge in [-0.05, 0) is 54.5 Å². The van der Waals surface area contributed by atoms with E-state index >= 15 is 4.39 Å². The summed E-state index contributed by atoms with van der Waals surface area (Å²) < 4.78 is 54.1. The Morgan fingerprint density at radius 2 is 1.68 bits per heavy atom. The Kier molecular flexibility index (Phi) is 6.41. The van der Waals surface area contributed by atoms with Crippen molar-refractivity contribution in [1.82, 2.24) is 20.6 Å². The van der Waals surface area contributed by atoms with Crippen molar-refractivity contribution < 1.29 is 27.2 Å². The number of hydrogen-bond donors (Lipinski definition) is 4. The zero-order valence-corrected chi connectivity index (χ0v) is 20.2. The molecule has 1 saturated carbocycles. The third kappa shape index (κ3) is 5.11. The smallest absolute Gasteiger partial charge is 0.363 e. The van der Waals surface area contributed by atoms with Crippen molar-refractivity contribution in [3.8, 4) is 0 Å². The summed E-state index contributed by atoms with van der Waals surface area (Å²) in [6.45, 7) is 1.82. The number of carbonyl (C=O) groups excluding carboxylic acids is 2. The van der Waals surface area contributed by atoms with Gasteiger partial charge in [0.15, 0.2) is 11.6 Å². The highest BCUT2D eigenvalue weighted by molar-refractivity contribution is 6.07. The van der Waals surface area contributed by atoms with E-state index in [0.717, 1.165) is 30.5 Å². The first kappa shape index (κ1) is 25.4. The van der Waals surface area contributed by atoms with Crippen molar-refractivity contribution in [2.45, 2.75) is 44.1 Å². The minimum Gasteiger partial charge on any atom is -0.363 e. The normalized spacial score (nSPS) is 20.0. The molecule has 0 spiro atoms. The van der Waals surface area contributed by atoms with Gasteiger partial charge >= 0.3 is 12.2 Å². The second-order valence-electron chi connectivity index (χ2n) is 9.55. The number of carbonyl (C=O) groups is 2. The summed E-state index contributed by atoms with van der Waals surface area (Å²) >= 11 is 0. The minimum atomic E-state index is -4.43. The first-order valence-corrected chi connectivity index (χ1v) is 12.0. The molecular formula is C26H24F4N6O2.